The zero-order chi connectivity index (χ0) is 16.1. The zero-order valence-corrected chi connectivity index (χ0v) is 17.3. The standard InChI is InChI=1S/C17H27ClN4.HI/c1-12(2)9-20-17(19)21-10-14-6-7-22(11-14)16-8-15(18)5-4-13(16)3;/h4-5,8,12,14H,6-7,9-11H2,1-3H3,(H3,19,20,21);1H. The second kappa shape index (κ2) is 9.57. The molecule has 0 spiro atoms. The molecule has 0 bridgehead atoms. The van der Waals surface area contributed by atoms with Gasteiger partial charge in [0.05, 0.1) is 0 Å². The van der Waals surface area contributed by atoms with Crippen molar-refractivity contribution in [2.24, 2.45) is 22.6 Å². The number of hydrogen-bond donors (Lipinski definition) is 2. The fourth-order valence-corrected chi connectivity index (χ4v) is 2.89. The van der Waals surface area contributed by atoms with Crippen LogP contribution < -0.4 is 16.0 Å². The van der Waals surface area contributed by atoms with Crippen molar-refractivity contribution in [1.82, 2.24) is 5.32 Å². The molecule has 1 aliphatic heterocycles. The number of guanidine groups is 1. The van der Waals surface area contributed by atoms with E-state index in [2.05, 4.69) is 48.1 Å². The highest BCUT2D eigenvalue weighted by molar-refractivity contribution is 14.0. The molecule has 6 heteroatoms. The number of rotatable bonds is 5. The first kappa shape index (κ1) is 20.4. The van der Waals surface area contributed by atoms with Crippen molar-refractivity contribution in [3.05, 3.63) is 28.8 Å². The molecule has 1 saturated heterocycles. The fourth-order valence-electron chi connectivity index (χ4n) is 2.73. The van der Waals surface area contributed by atoms with Gasteiger partial charge in [0.1, 0.15) is 0 Å². The lowest BCUT2D eigenvalue weighted by molar-refractivity contribution is 0.568. The van der Waals surface area contributed by atoms with Crippen LogP contribution in [0.4, 0.5) is 5.69 Å². The normalized spacial score (nSPS) is 18.2. The summed E-state index contributed by atoms with van der Waals surface area (Å²) in [5, 5.41) is 4.05. The third-order valence-corrected chi connectivity index (χ3v) is 4.23. The van der Waals surface area contributed by atoms with Crippen molar-refractivity contribution < 1.29 is 0 Å². The first-order valence-corrected chi connectivity index (χ1v) is 8.38. The molecule has 130 valence electrons. The van der Waals surface area contributed by atoms with Crippen LogP contribution in [0.5, 0.6) is 0 Å². The van der Waals surface area contributed by atoms with Gasteiger partial charge in [-0.3, -0.25) is 4.99 Å². The Balaban J connectivity index is 0.00000264. The van der Waals surface area contributed by atoms with Gasteiger partial charge in [0.15, 0.2) is 5.96 Å². The van der Waals surface area contributed by atoms with Crippen LogP contribution in [0.2, 0.25) is 5.02 Å². The molecule has 2 rings (SSSR count). The van der Waals surface area contributed by atoms with Crippen molar-refractivity contribution in [2.75, 3.05) is 31.1 Å². The molecule has 1 aromatic rings. The lowest BCUT2D eigenvalue weighted by Gasteiger charge is -2.21. The summed E-state index contributed by atoms with van der Waals surface area (Å²) in [5.41, 5.74) is 8.42. The first-order chi connectivity index (χ1) is 10.5. The first-order valence-electron chi connectivity index (χ1n) is 8.00. The molecule has 1 aromatic carbocycles. The Morgan fingerprint density at radius 2 is 2.22 bits per heavy atom. The van der Waals surface area contributed by atoms with Crippen LogP contribution in [0.3, 0.4) is 0 Å². The molecule has 1 fully saturated rings. The zero-order valence-electron chi connectivity index (χ0n) is 14.2. The van der Waals surface area contributed by atoms with Gasteiger partial charge in [0, 0.05) is 36.9 Å². The van der Waals surface area contributed by atoms with Crippen molar-refractivity contribution in [3.8, 4) is 0 Å². The molecule has 23 heavy (non-hydrogen) atoms. The Kier molecular flexibility index (Phi) is 8.47. The van der Waals surface area contributed by atoms with E-state index >= 15 is 0 Å². The van der Waals surface area contributed by atoms with Crippen LogP contribution in [0, 0.1) is 18.8 Å². The summed E-state index contributed by atoms with van der Waals surface area (Å²) in [6, 6.07) is 6.09. The average molecular weight is 451 g/mol. The summed E-state index contributed by atoms with van der Waals surface area (Å²) in [6.45, 7) is 10.2. The molecule has 0 amide bonds. The van der Waals surface area contributed by atoms with Gasteiger partial charge in [-0.1, -0.05) is 31.5 Å². The molecule has 1 atom stereocenters. The molecule has 1 heterocycles. The average Bonchev–Trinajstić information content (AvgIpc) is 2.94. The van der Waals surface area contributed by atoms with E-state index in [9.17, 15) is 0 Å². The maximum atomic E-state index is 6.12. The van der Waals surface area contributed by atoms with Gasteiger partial charge in [-0.25, -0.2) is 0 Å². The highest BCUT2D eigenvalue weighted by Crippen LogP contribution is 2.29. The lowest BCUT2D eigenvalue weighted by Crippen LogP contribution is -2.36. The smallest absolute Gasteiger partial charge is 0.188 e. The monoisotopic (exact) mass is 450 g/mol. The predicted octanol–water partition coefficient (Wildman–Crippen LogP) is 3.65. The molecule has 0 radical (unpaired) electrons. The topological polar surface area (TPSA) is 53.6 Å². The molecule has 4 nitrogen and oxygen atoms in total. The molecular formula is C17H28ClIN4. The van der Waals surface area contributed by atoms with Crippen LogP contribution in [0.15, 0.2) is 23.2 Å². The summed E-state index contributed by atoms with van der Waals surface area (Å²) in [6.07, 6.45) is 1.16. The number of hydrogen-bond acceptors (Lipinski definition) is 2. The Morgan fingerprint density at radius 1 is 1.48 bits per heavy atom. The van der Waals surface area contributed by atoms with Gasteiger partial charge in [-0.05, 0) is 42.9 Å². The lowest BCUT2D eigenvalue weighted by atomic mass is 10.1. The molecule has 1 unspecified atom stereocenters. The van der Waals surface area contributed by atoms with E-state index < -0.39 is 0 Å². The number of nitrogens with two attached hydrogens (primary N) is 1. The van der Waals surface area contributed by atoms with E-state index in [1.807, 2.05) is 6.07 Å². The van der Waals surface area contributed by atoms with Gasteiger partial charge in [0.2, 0.25) is 0 Å². The summed E-state index contributed by atoms with van der Waals surface area (Å²) >= 11 is 6.12. The second-order valence-electron chi connectivity index (χ2n) is 6.53. The Hall–Kier alpha value is -0.690. The number of aryl methyl sites for hydroxylation is 1. The Bertz CT molecular complexity index is 533. The van der Waals surface area contributed by atoms with Crippen LogP contribution in [0.1, 0.15) is 25.8 Å². The summed E-state index contributed by atoms with van der Waals surface area (Å²) in [4.78, 5) is 6.75. The maximum Gasteiger partial charge on any atom is 0.188 e. The number of nitrogens with one attached hydrogen (secondary N) is 1. The van der Waals surface area contributed by atoms with Crippen LogP contribution >= 0.6 is 35.6 Å². The van der Waals surface area contributed by atoms with E-state index in [1.54, 1.807) is 0 Å². The molecule has 0 aromatic heterocycles. The van der Waals surface area contributed by atoms with Crippen molar-refractivity contribution in [3.63, 3.8) is 0 Å². The van der Waals surface area contributed by atoms with E-state index in [0.717, 1.165) is 37.6 Å². The van der Waals surface area contributed by atoms with E-state index in [1.165, 1.54) is 11.3 Å². The molecule has 1 aliphatic rings. The largest absolute Gasteiger partial charge is 0.371 e. The molecule has 0 aliphatic carbocycles. The number of halogens is 2. The van der Waals surface area contributed by atoms with Gasteiger partial charge in [-0.2, -0.15) is 0 Å². The van der Waals surface area contributed by atoms with E-state index in [4.69, 9.17) is 17.3 Å². The van der Waals surface area contributed by atoms with Crippen molar-refractivity contribution in [2.45, 2.75) is 27.2 Å². The van der Waals surface area contributed by atoms with Gasteiger partial charge >= 0.3 is 0 Å². The number of anilines is 1. The fraction of sp³-hybridized carbons (Fsp3) is 0.588. The van der Waals surface area contributed by atoms with Crippen molar-refractivity contribution in [1.29, 1.82) is 0 Å². The number of aliphatic imine (C=N–C) groups is 1. The minimum absolute atomic E-state index is 0. The predicted molar refractivity (Wildman–Crippen MR) is 111 cm³/mol. The van der Waals surface area contributed by atoms with Gasteiger partial charge in [0.25, 0.3) is 0 Å². The highest BCUT2D eigenvalue weighted by Gasteiger charge is 2.23. The second-order valence-corrected chi connectivity index (χ2v) is 6.97. The SMILES string of the molecule is Cc1ccc(Cl)cc1N1CCC(CNC(N)=NCC(C)C)C1.I. The highest BCUT2D eigenvalue weighted by atomic mass is 127. The minimum atomic E-state index is 0. The summed E-state index contributed by atoms with van der Waals surface area (Å²) in [5.74, 6) is 1.69. The van der Waals surface area contributed by atoms with Gasteiger partial charge in [-0.15, -0.1) is 24.0 Å². The summed E-state index contributed by atoms with van der Waals surface area (Å²) in [7, 11) is 0. The van der Waals surface area contributed by atoms with Crippen LogP contribution in [-0.4, -0.2) is 32.1 Å². The van der Waals surface area contributed by atoms with Crippen LogP contribution in [-0.2, 0) is 0 Å². The van der Waals surface area contributed by atoms with Gasteiger partial charge < -0.3 is 16.0 Å². The Morgan fingerprint density at radius 3 is 2.91 bits per heavy atom. The molecular weight excluding hydrogens is 423 g/mol. The van der Waals surface area contributed by atoms with E-state index in [-0.39, 0.29) is 24.0 Å². The summed E-state index contributed by atoms with van der Waals surface area (Å²) < 4.78 is 0. The molecule has 3 N–H and O–H groups in total. The Labute approximate surface area is 161 Å². The number of nitrogens with zero attached hydrogens (tertiary/aromatic N) is 2. The van der Waals surface area contributed by atoms with Crippen molar-refractivity contribution >= 4 is 47.2 Å². The van der Waals surface area contributed by atoms with E-state index in [0.29, 0.717) is 17.8 Å². The molecule has 0 saturated carbocycles. The third-order valence-electron chi connectivity index (χ3n) is 4.00. The van der Waals surface area contributed by atoms with Crippen LogP contribution in [0.25, 0.3) is 0 Å². The minimum Gasteiger partial charge on any atom is -0.371 e. The maximum absolute atomic E-state index is 6.12. The third kappa shape index (κ3) is 6.37. The number of benzene rings is 1. The quantitative estimate of drug-likeness (QED) is 0.409.